The molecule has 2 aromatic rings. The Morgan fingerprint density at radius 3 is 2.67 bits per heavy atom. The second-order valence-electron chi connectivity index (χ2n) is 6.56. The predicted molar refractivity (Wildman–Crippen MR) is 104 cm³/mol. The Labute approximate surface area is 164 Å². The number of carbonyl (C=O) groups is 3. The quantitative estimate of drug-likeness (QED) is 0.618. The van der Waals surface area contributed by atoms with Gasteiger partial charge < -0.3 is 20.8 Å². The monoisotopic (exact) mass is 436 g/mol. The summed E-state index contributed by atoms with van der Waals surface area (Å²) < 4.78 is 5.64. The van der Waals surface area contributed by atoms with Crippen LogP contribution in [0.2, 0.25) is 0 Å². The zero-order valence-electron chi connectivity index (χ0n) is 14.9. The van der Waals surface area contributed by atoms with Gasteiger partial charge in [0.1, 0.15) is 5.69 Å². The number of aromatic nitrogens is 1. The maximum atomic E-state index is 12.6. The van der Waals surface area contributed by atoms with Crippen molar-refractivity contribution in [3.8, 4) is 0 Å². The molecule has 0 aliphatic carbocycles. The maximum Gasteiger partial charge on any atom is 0.356 e. The van der Waals surface area contributed by atoms with Crippen LogP contribution in [0.25, 0.3) is 10.9 Å². The van der Waals surface area contributed by atoms with E-state index >= 15 is 0 Å². The third-order valence-corrected chi connectivity index (χ3v) is 5.26. The number of H-pyrrole nitrogens is 1. The Balaban J connectivity index is 1.75. The summed E-state index contributed by atoms with van der Waals surface area (Å²) in [5.74, 6) is -1.20. The van der Waals surface area contributed by atoms with Crippen LogP contribution in [0.5, 0.6) is 0 Å². The summed E-state index contributed by atoms with van der Waals surface area (Å²) in [5, 5.41) is 3.55. The average Bonchev–Trinajstić information content (AvgIpc) is 2.99. The number of nitrogens with two attached hydrogens (primary N) is 1. The average molecular weight is 437 g/mol. The van der Waals surface area contributed by atoms with E-state index in [1.165, 1.54) is 7.11 Å². The molecule has 1 saturated heterocycles. The molecule has 3 rings (SSSR count). The molecule has 0 spiro atoms. The van der Waals surface area contributed by atoms with Crippen LogP contribution in [0.15, 0.2) is 22.7 Å². The number of nitrogens with zero attached hydrogens (tertiary/aromatic N) is 1. The van der Waals surface area contributed by atoms with E-state index in [1.54, 1.807) is 0 Å². The standard InChI is InChI=1S/C18H21BrN4O4/c1-27-18(26)16-15(12-8-11(19)2-3-13(12)21-16)22-14(24)9-23-6-4-10(5-7-23)17(20)25/h2-3,8,10,21H,4-7,9H2,1H3,(H2,20,25)(H,22,24). The van der Waals surface area contributed by atoms with Gasteiger partial charge in [0.15, 0.2) is 0 Å². The number of aromatic amines is 1. The van der Waals surface area contributed by atoms with Crippen molar-refractivity contribution in [3.05, 3.63) is 28.4 Å². The Morgan fingerprint density at radius 2 is 2.04 bits per heavy atom. The molecule has 0 bridgehead atoms. The largest absolute Gasteiger partial charge is 0.464 e. The molecular weight excluding hydrogens is 416 g/mol. The topological polar surface area (TPSA) is 118 Å². The van der Waals surface area contributed by atoms with Crippen LogP contribution >= 0.6 is 15.9 Å². The van der Waals surface area contributed by atoms with Gasteiger partial charge in [-0.1, -0.05) is 15.9 Å². The number of methoxy groups -OCH3 is 1. The minimum Gasteiger partial charge on any atom is -0.464 e. The number of esters is 1. The molecule has 2 heterocycles. The molecule has 1 fully saturated rings. The van der Waals surface area contributed by atoms with Crippen LogP contribution in [-0.4, -0.2) is 54.4 Å². The van der Waals surface area contributed by atoms with Crippen LogP contribution in [-0.2, 0) is 14.3 Å². The zero-order valence-corrected chi connectivity index (χ0v) is 16.5. The fourth-order valence-corrected chi connectivity index (χ4v) is 3.67. The first-order chi connectivity index (χ1) is 12.9. The fraction of sp³-hybridized carbons (Fsp3) is 0.389. The molecule has 1 aromatic heterocycles. The second kappa shape index (κ2) is 8.10. The summed E-state index contributed by atoms with van der Waals surface area (Å²) in [5.41, 5.74) is 6.66. The Hall–Kier alpha value is -2.39. The van der Waals surface area contributed by atoms with E-state index in [9.17, 15) is 14.4 Å². The normalized spacial score (nSPS) is 15.6. The van der Waals surface area contributed by atoms with Crippen molar-refractivity contribution in [1.29, 1.82) is 0 Å². The number of benzene rings is 1. The molecule has 0 unspecified atom stereocenters. The molecule has 0 saturated carbocycles. The highest BCUT2D eigenvalue weighted by molar-refractivity contribution is 9.10. The molecule has 8 nitrogen and oxygen atoms in total. The highest BCUT2D eigenvalue weighted by Gasteiger charge is 2.25. The number of likely N-dealkylation sites (tertiary alicyclic amines) is 1. The lowest BCUT2D eigenvalue weighted by Crippen LogP contribution is -2.42. The van der Waals surface area contributed by atoms with Crippen molar-refractivity contribution in [2.45, 2.75) is 12.8 Å². The van der Waals surface area contributed by atoms with Gasteiger partial charge in [0.05, 0.1) is 19.3 Å². The van der Waals surface area contributed by atoms with Crippen molar-refractivity contribution in [3.63, 3.8) is 0 Å². The van der Waals surface area contributed by atoms with Gasteiger partial charge in [-0.05, 0) is 44.1 Å². The molecule has 0 radical (unpaired) electrons. The lowest BCUT2D eigenvalue weighted by molar-refractivity contribution is -0.123. The van der Waals surface area contributed by atoms with Crippen LogP contribution in [0.4, 0.5) is 5.69 Å². The highest BCUT2D eigenvalue weighted by Crippen LogP contribution is 2.31. The van der Waals surface area contributed by atoms with Crippen molar-refractivity contribution in [2.75, 3.05) is 32.1 Å². The lowest BCUT2D eigenvalue weighted by atomic mass is 9.96. The number of amides is 2. The van der Waals surface area contributed by atoms with Crippen molar-refractivity contribution in [2.24, 2.45) is 11.7 Å². The Bertz CT molecular complexity index is 887. The van der Waals surface area contributed by atoms with Crippen LogP contribution < -0.4 is 11.1 Å². The van der Waals surface area contributed by atoms with Gasteiger partial charge in [0, 0.05) is 21.3 Å². The Morgan fingerprint density at radius 1 is 1.33 bits per heavy atom. The van der Waals surface area contributed by atoms with Gasteiger partial charge in [-0.25, -0.2) is 4.79 Å². The maximum absolute atomic E-state index is 12.6. The van der Waals surface area contributed by atoms with E-state index in [0.29, 0.717) is 37.0 Å². The first-order valence-electron chi connectivity index (χ1n) is 8.60. The molecule has 1 aromatic carbocycles. The van der Waals surface area contributed by atoms with Crippen molar-refractivity contribution < 1.29 is 19.1 Å². The van der Waals surface area contributed by atoms with Gasteiger partial charge in [-0.2, -0.15) is 0 Å². The van der Waals surface area contributed by atoms with E-state index < -0.39 is 5.97 Å². The minimum absolute atomic E-state index is 0.124. The summed E-state index contributed by atoms with van der Waals surface area (Å²) in [4.78, 5) is 40.9. The number of anilines is 1. The number of piperidine rings is 1. The van der Waals surface area contributed by atoms with Crippen LogP contribution in [0, 0.1) is 5.92 Å². The van der Waals surface area contributed by atoms with E-state index in [0.717, 1.165) is 9.99 Å². The van der Waals surface area contributed by atoms with Gasteiger partial charge in [0.2, 0.25) is 11.8 Å². The first-order valence-corrected chi connectivity index (χ1v) is 9.39. The third kappa shape index (κ3) is 4.30. The number of hydrogen-bond acceptors (Lipinski definition) is 5. The van der Waals surface area contributed by atoms with Gasteiger partial charge in [-0.3, -0.25) is 14.5 Å². The van der Waals surface area contributed by atoms with Gasteiger partial charge >= 0.3 is 5.97 Å². The molecule has 9 heteroatoms. The number of halogens is 1. The number of carbonyl (C=O) groups excluding carboxylic acids is 3. The van der Waals surface area contributed by atoms with Crippen LogP contribution in [0.3, 0.4) is 0 Å². The van der Waals surface area contributed by atoms with Gasteiger partial charge in [0.25, 0.3) is 0 Å². The Kier molecular flexibility index (Phi) is 5.81. The molecule has 144 valence electrons. The molecule has 0 atom stereocenters. The first kappa shape index (κ1) is 19.4. The third-order valence-electron chi connectivity index (χ3n) is 4.77. The number of ether oxygens (including phenoxy) is 1. The van der Waals surface area contributed by atoms with E-state index in [2.05, 4.69) is 26.2 Å². The van der Waals surface area contributed by atoms with E-state index in [-0.39, 0.29) is 30.0 Å². The number of nitrogens with one attached hydrogen (secondary N) is 2. The summed E-state index contributed by atoms with van der Waals surface area (Å²) >= 11 is 3.40. The minimum atomic E-state index is -0.556. The second-order valence-corrected chi connectivity index (χ2v) is 7.47. The van der Waals surface area contributed by atoms with Crippen molar-refractivity contribution in [1.82, 2.24) is 9.88 Å². The number of rotatable bonds is 5. The molecule has 2 amide bonds. The molecule has 1 aliphatic rings. The summed E-state index contributed by atoms with van der Waals surface area (Å²) in [6.45, 7) is 1.43. The summed E-state index contributed by atoms with van der Waals surface area (Å²) in [6, 6.07) is 5.48. The smallest absolute Gasteiger partial charge is 0.356 e. The van der Waals surface area contributed by atoms with Gasteiger partial charge in [-0.15, -0.1) is 0 Å². The predicted octanol–water partition coefficient (Wildman–Crippen LogP) is 1.85. The highest BCUT2D eigenvalue weighted by atomic mass is 79.9. The summed E-state index contributed by atoms with van der Waals surface area (Å²) in [6.07, 6.45) is 1.30. The SMILES string of the molecule is COC(=O)c1[nH]c2ccc(Br)cc2c1NC(=O)CN1CCC(C(N)=O)CC1. The number of primary amides is 1. The molecule has 1 aliphatic heterocycles. The molecular formula is C18H21BrN4O4. The molecule has 27 heavy (non-hydrogen) atoms. The molecule has 4 N–H and O–H groups in total. The van der Waals surface area contributed by atoms with E-state index in [1.807, 2.05) is 23.1 Å². The number of hydrogen-bond donors (Lipinski definition) is 3. The van der Waals surface area contributed by atoms with Crippen LogP contribution in [0.1, 0.15) is 23.3 Å². The summed E-state index contributed by atoms with van der Waals surface area (Å²) in [7, 11) is 1.29. The lowest BCUT2D eigenvalue weighted by Gasteiger charge is -2.29. The zero-order chi connectivity index (χ0) is 19.6. The fourth-order valence-electron chi connectivity index (χ4n) is 3.31. The van der Waals surface area contributed by atoms with E-state index in [4.69, 9.17) is 10.5 Å². The number of fused-ring (bicyclic) bond motifs is 1. The van der Waals surface area contributed by atoms with Crippen molar-refractivity contribution >= 4 is 50.3 Å².